The average molecular weight is 253 g/mol. The lowest BCUT2D eigenvalue weighted by molar-refractivity contribution is 0.110. The van der Waals surface area contributed by atoms with Gasteiger partial charge in [0.05, 0.1) is 0 Å². The average Bonchev–Trinajstić information content (AvgIpc) is 2.41. The molecule has 0 radical (unpaired) electrons. The molecule has 0 spiro atoms. The molecule has 0 N–H and O–H groups in total. The van der Waals surface area contributed by atoms with Gasteiger partial charge in [0.1, 0.15) is 5.56 Å². The number of alkyl halides is 1. The minimum atomic E-state index is -0.208. The van der Waals surface area contributed by atoms with Gasteiger partial charge in [-0.05, 0) is 24.3 Å². The highest BCUT2D eigenvalue weighted by Gasteiger charge is 2.30. The Morgan fingerprint density at radius 3 is 2.35 bits per heavy atom. The van der Waals surface area contributed by atoms with Crippen molar-refractivity contribution in [2.45, 2.75) is 43.6 Å². The molecule has 2 atom stereocenters. The van der Waals surface area contributed by atoms with E-state index in [1.54, 1.807) is 7.11 Å². The lowest BCUT2D eigenvalue weighted by Crippen LogP contribution is -2.25. The Morgan fingerprint density at radius 1 is 1.12 bits per heavy atom. The Hall–Kier alpha value is -0.530. The first-order chi connectivity index (χ1) is 8.33. The summed E-state index contributed by atoms with van der Waals surface area (Å²) < 4.78 is 5.39. The van der Waals surface area contributed by atoms with Gasteiger partial charge in [-0.3, -0.25) is 0 Å². The highest BCUT2D eigenvalue weighted by atomic mass is 35.5. The molecule has 1 aromatic carbocycles. The second-order valence-electron chi connectivity index (χ2n) is 4.92. The van der Waals surface area contributed by atoms with E-state index in [9.17, 15) is 0 Å². The minimum Gasteiger partial charge on any atom is -0.365 e. The van der Waals surface area contributed by atoms with Crippen LogP contribution in [0.1, 0.15) is 43.6 Å². The third kappa shape index (κ3) is 3.23. The zero-order chi connectivity index (χ0) is 12.1. The Labute approximate surface area is 109 Å². The first kappa shape index (κ1) is 12.9. The fraction of sp³-hybridized carbons (Fsp3) is 0.600. The molecule has 1 saturated carbocycles. The van der Waals surface area contributed by atoms with Gasteiger partial charge < -0.3 is 4.74 Å². The molecular formula is C15H21ClO. The first-order valence-corrected chi connectivity index (χ1v) is 6.98. The standard InChI is InChI=1S/C15H21ClO/c1-17-15(16)14(12-8-4-2-5-9-12)13-10-6-3-7-11-13/h2,4-5,8-9,13-15H,3,6-7,10-11H2,1H3. The Morgan fingerprint density at radius 2 is 1.76 bits per heavy atom. The SMILES string of the molecule is COC(Cl)C(c1ccccc1)C1CCCCC1. The van der Waals surface area contributed by atoms with Crippen molar-refractivity contribution in [3.8, 4) is 0 Å². The van der Waals surface area contributed by atoms with E-state index < -0.39 is 0 Å². The normalized spacial score (nSPS) is 21.1. The van der Waals surface area contributed by atoms with Crippen molar-refractivity contribution in [2.24, 2.45) is 5.92 Å². The van der Waals surface area contributed by atoms with Crippen LogP contribution in [0.15, 0.2) is 30.3 Å². The summed E-state index contributed by atoms with van der Waals surface area (Å²) in [5, 5.41) is 0. The Kier molecular flexibility index (Phi) is 4.87. The van der Waals surface area contributed by atoms with E-state index >= 15 is 0 Å². The van der Waals surface area contributed by atoms with E-state index in [2.05, 4.69) is 30.3 Å². The summed E-state index contributed by atoms with van der Waals surface area (Å²) in [7, 11) is 1.70. The van der Waals surface area contributed by atoms with Crippen LogP contribution in [0.3, 0.4) is 0 Å². The summed E-state index contributed by atoms with van der Waals surface area (Å²) in [5.41, 5.74) is 1.11. The molecule has 1 aliphatic carbocycles. The van der Waals surface area contributed by atoms with Gasteiger partial charge >= 0.3 is 0 Å². The summed E-state index contributed by atoms with van der Waals surface area (Å²) >= 11 is 6.38. The lowest BCUT2D eigenvalue weighted by Gasteiger charge is -2.33. The van der Waals surface area contributed by atoms with Gasteiger partial charge in [-0.25, -0.2) is 0 Å². The molecule has 94 valence electrons. The summed E-state index contributed by atoms with van der Waals surface area (Å²) in [6.07, 6.45) is 6.61. The third-order valence-corrected chi connectivity index (χ3v) is 4.30. The van der Waals surface area contributed by atoms with Crippen LogP contribution in [0, 0.1) is 5.92 Å². The maximum atomic E-state index is 6.38. The van der Waals surface area contributed by atoms with E-state index in [-0.39, 0.29) is 5.56 Å². The summed E-state index contributed by atoms with van der Waals surface area (Å²) in [6, 6.07) is 10.6. The van der Waals surface area contributed by atoms with Crippen LogP contribution in [-0.4, -0.2) is 12.7 Å². The number of ether oxygens (including phenoxy) is 1. The van der Waals surface area contributed by atoms with Gasteiger partial charge in [0.15, 0.2) is 0 Å². The van der Waals surface area contributed by atoms with Crippen molar-refractivity contribution in [2.75, 3.05) is 7.11 Å². The van der Waals surface area contributed by atoms with E-state index in [4.69, 9.17) is 16.3 Å². The highest BCUT2D eigenvalue weighted by Crippen LogP contribution is 2.40. The highest BCUT2D eigenvalue weighted by molar-refractivity contribution is 6.20. The van der Waals surface area contributed by atoms with E-state index in [0.29, 0.717) is 11.8 Å². The molecule has 0 bridgehead atoms. The minimum absolute atomic E-state index is 0.208. The number of hydrogen-bond donors (Lipinski definition) is 0. The van der Waals surface area contributed by atoms with Crippen LogP contribution >= 0.6 is 11.6 Å². The zero-order valence-corrected chi connectivity index (χ0v) is 11.2. The van der Waals surface area contributed by atoms with Crippen molar-refractivity contribution in [3.63, 3.8) is 0 Å². The molecule has 2 rings (SSSR count). The van der Waals surface area contributed by atoms with Gasteiger partial charge in [0, 0.05) is 13.0 Å². The molecule has 17 heavy (non-hydrogen) atoms. The zero-order valence-electron chi connectivity index (χ0n) is 10.4. The molecule has 0 heterocycles. The fourth-order valence-electron chi connectivity index (χ4n) is 2.95. The topological polar surface area (TPSA) is 9.23 Å². The lowest BCUT2D eigenvalue weighted by atomic mass is 9.77. The monoisotopic (exact) mass is 252 g/mol. The smallest absolute Gasteiger partial charge is 0.137 e. The van der Waals surface area contributed by atoms with Gasteiger partial charge in [-0.2, -0.15) is 0 Å². The van der Waals surface area contributed by atoms with Gasteiger partial charge in [-0.15, -0.1) is 0 Å². The van der Waals surface area contributed by atoms with Crippen molar-refractivity contribution in [3.05, 3.63) is 35.9 Å². The third-order valence-electron chi connectivity index (χ3n) is 3.85. The summed E-state index contributed by atoms with van der Waals surface area (Å²) in [5.74, 6) is 1.01. The number of rotatable bonds is 4. The molecule has 1 aliphatic rings. The van der Waals surface area contributed by atoms with Gasteiger partial charge in [0.2, 0.25) is 0 Å². The number of methoxy groups -OCH3 is 1. The molecule has 0 aromatic heterocycles. The molecular weight excluding hydrogens is 232 g/mol. The molecule has 2 heteroatoms. The Balaban J connectivity index is 2.18. The van der Waals surface area contributed by atoms with Crippen molar-refractivity contribution >= 4 is 11.6 Å². The van der Waals surface area contributed by atoms with Gasteiger partial charge in [-0.1, -0.05) is 61.2 Å². The molecule has 1 aromatic rings. The largest absolute Gasteiger partial charge is 0.365 e. The van der Waals surface area contributed by atoms with Crippen LogP contribution in [0.25, 0.3) is 0 Å². The van der Waals surface area contributed by atoms with Gasteiger partial charge in [0.25, 0.3) is 0 Å². The van der Waals surface area contributed by atoms with Crippen molar-refractivity contribution < 1.29 is 4.74 Å². The quantitative estimate of drug-likeness (QED) is 0.714. The van der Waals surface area contributed by atoms with Crippen LogP contribution in [0.5, 0.6) is 0 Å². The number of halogens is 1. The number of hydrogen-bond acceptors (Lipinski definition) is 1. The second kappa shape index (κ2) is 6.42. The maximum Gasteiger partial charge on any atom is 0.137 e. The predicted molar refractivity (Wildman–Crippen MR) is 72.4 cm³/mol. The van der Waals surface area contributed by atoms with Crippen LogP contribution in [-0.2, 0) is 4.74 Å². The molecule has 0 aliphatic heterocycles. The fourth-order valence-corrected chi connectivity index (χ4v) is 3.30. The Bertz CT molecular complexity index is 319. The van der Waals surface area contributed by atoms with E-state index in [1.807, 2.05) is 0 Å². The van der Waals surface area contributed by atoms with Crippen LogP contribution < -0.4 is 0 Å². The number of benzene rings is 1. The first-order valence-electron chi connectivity index (χ1n) is 6.54. The van der Waals surface area contributed by atoms with Crippen LogP contribution in [0.2, 0.25) is 0 Å². The molecule has 1 fully saturated rings. The molecule has 0 amide bonds. The molecule has 1 nitrogen and oxygen atoms in total. The van der Waals surface area contributed by atoms with Crippen LogP contribution in [0.4, 0.5) is 0 Å². The molecule has 0 saturated heterocycles. The summed E-state index contributed by atoms with van der Waals surface area (Å²) in [6.45, 7) is 0. The van der Waals surface area contributed by atoms with E-state index in [0.717, 1.165) is 0 Å². The second-order valence-corrected chi connectivity index (χ2v) is 5.35. The molecule has 2 unspecified atom stereocenters. The van der Waals surface area contributed by atoms with Crippen molar-refractivity contribution in [1.29, 1.82) is 0 Å². The predicted octanol–water partition coefficient (Wildman–Crippen LogP) is 4.56. The van der Waals surface area contributed by atoms with E-state index in [1.165, 1.54) is 37.7 Å². The maximum absolute atomic E-state index is 6.38. The summed E-state index contributed by atoms with van der Waals surface area (Å²) in [4.78, 5) is 0. The van der Waals surface area contributed by atoms with Crippen molar-refractivity contribution in [1.82, 2.24) is 0 Å².